The van der Waals surface area contributed by atoms with Crippen molar-refractivity contribution in [2.24, 2.45) is 0 Å². The van der Waals surface area contributed by atoms with E-state index in [1.807, 2.05) is 0 Å². The standard InChI is InChI=1S/Mg.5O.2Ti/q+2;;;;2*-1;;. The summed E-state index contributed by atoms with van der Waals surface area (Å²) in [6.07, 6.45) is 0. The maximum atomic E-state index is 9.37. The second-order valence-electron chi connectivity index (χ2n) is 0.602. The monoisotopic (exact) mass is 200 g/mol. The summed E-state index contributed by atoms with van der Waals surface area (Å²) in [4.78, 5) is 0. The van der Waals surface area contributed by atoms with Crippen LogP contribution in [-0.4, -0.2) is 23.1 Å². The van der Waals surface area contributed by atoms with Crippen molar-refractivity contribution < 1.29 is 53.2 Å². The van der Waals surface area contributed by atoms with Gasteiger partial charge in [-0.1, -0.05) is 0 Å². The van der Waals surface area contributed by atoms with E-state index < -0.39 is 37.2 Å². The van der Waals surface area contributed by atoms with Gasteiger partial charge in [-0.05, 0) is 0 Å². The fraction of sp³-hybridized carbons (Fsp3) is 0. The van der Waals surface area contributed by atoms with Crippen LogP contribution in [0.1, 0.15) is 0 Å². The maximum absolute atomic E-state index is 9.37. The summed E-state index contributed by atoms with van der Waals surface area (Å²) in [5, 5.41) is 0. The van der Waals surface area contributed by atoms with Crippen LogP contribution in [-0.2, 0) is 45.8 Å². The first kappa shape index (κ1) is 12.4. The zero-order valence-corrected chi connectivity index (χ0v) is 8.29. The Morgan fingerprint density at radius 1 is 1.12 bits per heavy atom. The van der Waals surface area contributed by atoms with Crippen molar-refractivity contribution in [2.75, 3.05) is 0 Å². The summed E-state index contributed by atoms with van der Waals surface area (Å²) in [6, 6.07) is 0. The van der Waals surface area contributed by atoms with Gasteiger partial charge < -0.3 is 0 Å². The van der Waals surface area contributed by atoms with Crippen LogP contribution >= 0.6 is 0 Å². The molecule has 40 valence electrons. The Bertz CT molecular complexity index is 86.6. The van der Waals surface area contributed by atoms with Crippen LogP contribution in [0.25, 0.3) is 0 Å². The van der Waals surface area contributed by atoms with Gasteiger partial charge in [0.2, 0.25) is 0 Å². The molecule has 0 bridgehead atoms. The molecule has 8 heavy (non-hydrogen) atoms. The third-order valence-corrected chi connectivity index (χ3v) is 2.83. The Hall–Kier alpha value is 1.67. The van der Waals surface area contributed by atoms with Crippen molar-refractivity contribution >= 4 is 23.1 Å². The van der Waals surface area contributed by atoms with Crippen molar-refractivity contribution in [3.8, 4) is 0 Å². The normalized spacial score (nSPS) is 7.25. The molecule has 0 saturated carbocycles. The molecule has 0 aliphatic carbocycles. The Labute approximate surface area is 75.4 Å². The Morgan fingerprint density at radius 2 is 1.38 bits per heavy atom. The van der Waals surface area contributed by atoms with E-state index in [1.54, 1.807) is 0 Å². The van der Waals surface area contributed by atoms with E-state index in [0.29, 0.717) is 0 Å². The van der Waals surface area contributed by atoms with Crippen LogP contribution in [0.15, 0.2) is 0 Å². The van der Waals surface area contributed by atoms with Crippen LogP contribution in [0, 0.1) is 0 Å². The average molecular weight is 200 g/mol. The molecule has 0 N–H and O–H groups in total. The molecule has 0 radical (unpaired) electrons. The number of hydrogen-bond acceptors (Lipinski definition) is 5. The molecule has 0 aliphatic heterocycles. The van der Waals surface area contributed by atoms with Gasteiger partial charge in [0.05, 0.1) is 0 Å². The molecule has 0 spiro atoms. The van der Waals surface area contributed by atoms with Crippen molar-refractivity contribution in [3.63, 3.8) is 0 Å². The molecular formula is MgO5Ti2. The summed E-state index contributed by atoms with van der Waals surface area (Å²) in [5.41, 5.74) is 0. The zero-order valence-electron chi connectivity index (χ0n) is 3.75. The van der Waals surface area contributed by atoms with E-state index in [2.05, 4.69) is 1.90 Å². The number of hydrogen-bond donors (Lipinski definition) is 0. The van der Waals surface area contributed by atoms with Crippen molar-refractivity contribution in [1.82, 2.24) is 0 Å². The quantitative estimate of drug-likeness (QED) is 0.441. The number of rotatable bonds is 2. The minimum atomic E-state index is -4.00. The average Bonchev–Trinajstić information content (AvgIpc) is 1.27. The predicted octanol–water partition coefficient (Wildman–Crippen LogP) is -3.07. The minimum absolute atomic E-state index is 0. The first-order valence-corrected chi connectivity index (χ1v) is 5.05. The van der Waals surface area contributed by atoms with Crippen LogP contribution in [0.4, 0.5) is 0 Å². The van der Waals surface area contributed by atoms with Crippen LogP contribution in [0.3, 0.4) is 0 Å². The molecule has 0 saturated heterocycles. The summed E-state index contributed by atoms with van der Waals surface area (Å²) < 4.78 is 40.8. The Kier molecular flexibility index (Phi) is 10.5. The summed E-state index contributed by atoms with van der Waals surface area (Å²) in [6.45, 7) is 0. The molecule has 0 aliphatic rings. The fourth-order valence-electron chi connectivity index (χ4n) is 0.0680. The van der Waals surface area contributed by atoms with Gasteiger partial charge >= 0.3 is 76.2 Å². The first-order chi connectivity index (χ1) is 3.13. The van der Waals surface area contributed by atoms with E-state index in [9.17, 15) is 14.0 Å². The predicted molar refractivity (Wildman–Crippen MR) is 8.21 cm³/mol. The molecule has 0 unspecified atom stereocenters. The van der Waals surface area contributed by atoms with Crippen molar-refractivity contribution in [1.29, 1.82) is 0 Å². The molecule has 0 aromatic rings. The van der Waals surface area contributed by atoms with Crippen LogP contribution in [0.2, 0.25) is 0 Å². The molecular weight excluding hydrogens is 200 g/mol. The molecule has 0 rings (SSSR count). The summed E-state index contributed by atoms with van der Waals surface area (Å²) >= 11 is -8.00. The van der Waals surface area contributed by atoms with Gasteiger partial charge in [0, 0.05) is 0 Å². The van der Waals surface area contributed by atoms with E-state index in [0.717, 1.165) is 0 Å². The Morgan fingerprint density at radius 3 is 1.38 bits per heavy atom. The third kappa shape index (κ3) is 10.6. The summed E-state index contributed by atoms with van der Waals surface area (Å²) in [5.74, 6) is 0. The van der Waals surface area contributed by atoms with E-state index >= 15 is 0 Å². The van der Waals surface area contributed by atoms with E-state index in [-0.39, 0.29) is 23.1 Å². The molecule has 8 heteroatoms. The topological polar surface area (TPSA) is 89.5 Å². The SMILES string of the molecule is [Mg+2].[O]=[Ti]([O-])[O][Ti](=[O])[O-]. The van der Waals surface area contributed by atoms with Crippen molar-refractivity contribution in [2.45, 2.75) is 0 Å². The fourth-order valence-corrected chi connectivity index (χ4v) is 1.16. The second kappa shape index (κ2) is 6.79. The van der Waals surface area contributed by atoms with Crippen LogP contribution in [0.5, 0.6) is 0 Å². The molecule has 0 atom stereocenters. The third-order valence-electron chi connectivity index (χ3n) is 0.167. The van der Waals surface area contributed by atoms with Gasteiger partial charge in [-0.3, -0.25) is 0 Å². The molecule has 0 fully saturated rings. The van der Waals surface area contributed by atoms with E-state index in [1.165, 1.54) is 0 Å². The molecule has 5 nitrogen and oxygen atoms in total. The Balaban J connectivity index is 0. The van der Waals surface area contributed by atoms with Gasteiger partial charge in [0.1, 0.15) is 0 Å². The van der Waals surface area contributed by atoms with Gasteiger partial charge in [0.25, 0.3) is 0 Å². The summed E-state index contributed by atoms with van der Waals surface area (Å²) in [7, 11) is 0. The van der Waals surface area contributed by atoms with Crippen molar-refractivity contribution in [3.05, 3.63) is 0 Å². The molecule has 0 amide bonds. The van der Waals surface area contributed by atoms with Crippen LogP contribution < -0.4 is 7.38 Å². The van der Waals surface area contributed by atoms with Gasteiger partial charge in [-0.15, -0.1) is 0 Å². The molecule has 0 aromatic carbocycles. The second-order valence-corrected chi connectivity index (χ2v) is 3.80. The zero-order chi connectivity index (χ0) is 5.86. The van der Waals surface area contributed by atoms with E-state index in [4.69, 9.17) is 0 Å². The van der Waals surface area contributed by atoms with Gasteiger partial charge in [-0.25, -0.2) is 0 Å². The van der Waals surface area contributed by atoms with Gasteiger partial charge in [-0.2, -0.15) is 0 Å². The first-order valence-electron chi connectivity index (χ1n) is 1.22. The molecule has 0 aromatic heterocycles. The van der Waals surface area contributed by atoms with Gasteiger partial charge in [0.15, 0.2) is 0 Å². The molecule has 0 heterocycles.